The normalized spacial score (nSPS) is 13.8. The van der Waals surface area contributed by atoms with Crippen LogP contribution in [0.25, 0.3) is 5.70 Å². The van der Waals surface area contributed by atoms with Crippen LogP contribution < -0.4 is 5.32 Å². The molecule has 0 atom stereocenters. The lowest BCUT2D eigenvalue weighted by Crippen LogP contribution is -2.01. The number of rotatable bonds is 1. The molecule has 0 aromatic heterocycles. The van der Waals surface area contributed by atoms with Gasteiger partial charge in [0.1, 0.15) is 6.26 Å². The number of carbonyl (C=O) groups excluding carboxylic acids is 1. The lowest BCUT2D eigenvalue weighted by molar-refractivity contribution is 0.0667. The number of fused-ring (bicyclic) bond motifs is 1. The number of para-hydroxylation sites is 1. The van der Waals surface area contributed by atoms with E-state index in [9.17, 15) is 4.79 Å². The van der Waals surface area contributed by atoms with Crippen LogP contribution in [0.4, 0.5) is 5.69 Å². The van der Waals surface area contributed by atoms with Crippen LogP contribution in [0, 0.1) is 0 Å². The third-order valence-corrected chi connectivity index (χ3v) is 2.78. The molecular weight excluding hydrogens is 226 g/mol. The second-order valence-corrected chi connectivity index (χ2v) is 3.97. The smallest absolute Gasteiger partial charge is 0.345 e. The molecule has 0 amide bonds. The van der Waals surface area contributed by atoms with E-state index < -0.39 is 0 Å². The first kappa shape index (κ1) is 10.6. The van der Waals surface area contributed by atoms with E-state index in [1.807, 2.05) is 48.5 Å². The first-order valence-electron chi connectivity index (χ1n) is 5.67. The van der Waals surface area contributed by atoms with E-state index in [0.717, 1.165) is 16.9 Å². The Morgan fingerprint density at radius 3 is 2.44 bits per heavy atom. The second-order valence-electron chi connectivity index (χ2n) is 3.97. The molecule has 1 aliphatic rings. The van der Waals surface area contributed by atoms with Crippen molar-refractivity contribution in [3.63, 3.8) is 0 Å². The monoisotopic (exact) mass is 237 g/mol. The van der Waals surface area contributed by atoms with Crippen molar-refractivity contribution in [1.82, 2.24) is 0 Å². The van der Waals surface area contributed by atoms with Gasteiger partial charge in [0.15, 0.2) is 0 Å². The minimum atomic E-state index is -0.343. The highest BCUT2D eigenvalue weighted by molar-refractivity contribution is 5.99. The van der Waals surface area contributed by atoms with Gasteiger partial charge in [-0.25, -0.2) is 4.79 Å². The number of esters is 1. The average molecular weight is 237 g/mol. The van der Waals surface area contributed by atoms with E-state index >= 15 is 0 Å². The zero-order chi connectivity index (χ0) is 12.4. The second kappa shape index (κ2) is 4.37. The Morgan fingerprint density at radius 1 is 0.889 bits per heavy atom. The van der Waals surface area contributed by atoms with Crippen molar-refractivity contribution >= 4 is 17.4 Å². The van der Waals surface area contributed by atoms with Gasteiger partial charge >= 0.3 is 5.97 Å². The summed E-state index contributed by atoms with van der Waals surface area (Å²) >= 11 is 0. The number of hydrogen-bond acceptors (Lipinski definition) is 3. The maximum absolute atomic E-state index is 11.8. The van der Waals surface area contributed by atoms with Crippen LogP contribution >= 0.6 is 0 Å². The molecular formula is C15H11NO2. The standard InChI is InChI=1S/C15H11NO2/c17-15-12-8-4-5-9-13(12)16-14(10-18-15)11-6-2-1-3-7-11/h1-10,16H. The summed E-state index contributed by atoms with van der Waals surface area (Å²) in [6.45, 7) is 0. The number of carbonyl (C=O) groups is 1. The van der Waals surface area contributed by atoms with E-state index in [4.69, 9.17) is 4.74 Å². The van der Waals surface area contributed by atoms with Gasteiger partial charge in [-0.15, -0.1) is 0 Å². The van der Waals surface area contributed by atoms with E-state index in [1.54, 1.807) is 6.07 Å². The molecule has 0 radical (unpaired) electrons. The molecule has 2 aromatic rings. The zero-order valence-electron chi connectivity index (χ0n) is 9.59. The third-order valence-electron chi connectivity index (χ3n) is 2.78. The number of benzene rings is 2. The Bertz CT molecular complexity index is 617. The average Bonchev–Trinajstić information content (AvgIpc) is 2.60. The highest BCUT2D eigenvalue weighted by Gasteiger charge is 2.17. The van der Waals surface area contributed by atoms with E-state index in [0.29, 0.717) is 5.56 Å². The first-order chi connectivity index (χ1) is 8.84. The number of ether oxygens (including phenoxy) is 1. The minimum Gasteiger partial charge on any atom is -0.429 e. The van der Waals surface area contributed by atoms with Crippen LogP contribution in [0.2, 0.25) is 0 Å². The van der Waals surface area contributed by atoms with Crippen molar-refractivity contribution in [2.75, 3.05) is 5.32 Å². The molecule has 18 heavy (non-hydrogen) atoms. The topological polar surface area (TPSA) is 38.3 Å². The fraction of sp³-hybridized carbons (Fsp3) is 0. The van der Waals surface area contributed by atoms with Crippen molar-refractivity contribution in [3.05, 3.63) is 72.0 Å². The molecule has 0 unspecified atom stereocenters. The Balaban J connectivity index is 2.04. The maximum atomic E-state index is 11.8. The van der Waals surface area contributed by atoms with Crippen LogP contribution in [-0.4, -0.2) is 5.97 Å². The summed E-state index contributed by atoms with van der Waals surface area (Å²) in [4.78, 5) is 11.8. The molecule has 2 aromatic carbocycles. The fourth-order valence-electron chi connectivity index (χ4n) is 1.88. The van der Waals surface area contributed by atoms with Crippen molar-refractivity contribution in [3.8, 4) is 0 Å². The summed E-state index contributed by atoms with van der Waals surface area (Å²) in [5, 5.41) is 3.22. The molecule has 3 heteroatoms. The van der Waals surface area contributed by atoms with E-state index in [2.05, 4.69) is 5.32 Å². The number of hydrogen-bond donors (Lipinski definition) is 1. The quantitative estimate of drug-likeness (QED) is 0.773. The van der Waals surface area contributed by atoms with Crippen LogP contribution in [0.1, 0.15) is 15.9 Å². The van der Waals surface area contributed by atoms with Crippen LogP contribution in [-0.2, 0) is 4.74 Å². The lowest BCUT2D eigenvalue weighted by Gasteiger charge is -2.09. The molecule has 0 spiro atoms. The highest BCUT2D eigenvalue weighted by atomic mass is 16.5. The van der Waals surface area contributed by atoms with Gasteiger partial charge in [0.25, 0.3) is 0 Å². The lowest BCUT2D eigenvalue weighted by atomic mass is 10.1. The van der Waals surface area contributed by atoms with Gasteiger partial charge < -0.3 is 10.1 Å². The molecule has 3 nitrogen and oxygen atoms in total. The molecule has 1 aliphatic heterocycles. The predicted octanol–water partition coefficient (Wildman–Crippen LogP) is 3.27. The third kappa shape index (κ3) is 1.86. The van der Waals surface area contributed by atoms with E-state index in [1.165, 1.54) is 6.26 Å². The number of nitrogens with one attached hydrogen (secondary N) is 1. The fourth-order valence-corrected chi connectivity index (χ4v) is 1.88. The molecule has 0 fully saturated rings. The van der Waals surface area contributed by atoms with Crippen LogP contribution in [0.3, 0.4) is 0 Å². The highest BCUT2D eigenvalue weighted by Crippen LogP contribution is 2.25. The van der Waals surface area contributed by atoms with Crippen LogP contribution in [0.5, 0.6) is 0 Å². The van der Waals surface area contributed by atoms with Crippen molar-refractivity contribution in [2.24, 2.45) is 0 Å². The van der Waals surface area contributed by atoms with Crippen molar-refractivity contribution < 1.29 is 9.53 Å². The number of cyclic esters (lactones) is 1. The Morgan fingerprint density at radius 2 is 1.61 bits per heavy atom. The summed E-state index contributed by atoms with van der Waals surface area (Å²) in [6.07, 6.45) is 1.46. The van der Waals surface area contributed by atoms with Gasteiger partial charge in [0, 0.05) is 5.56 Å². The molecule has 0 bridgehead atoms. The predicted molar refractivity (Wildman–Crippen MR) is 69.9 cm³/mol. The van der Waals surface area contributed by atoms with Crippen LogP contribution in [0.15, 0.2) is 60.9 Å². The molecule has 88 valence electrons. The minimum absolute atomic E-state index is 0.343. The molecule has 0 saturated carbocycles. The molecule has 0 saturated heterocycles. The van der Waals surface area contributed by atoms with Crippen molar-refractivity contribution in [1.29, 1.82) is 0 Å². The summed E-state index contributed by atoms with van der Waals surface area (Å²) < 4.78 is 5.13. The largest absolute Gasteiger partial charge is 0.429 e. The first-order valence-corrected chi connectivity index (χ1v) is 5.67. The molecule has 1 heterocycles. The summed E-state index contributed by atoms with van der Waals surface area (Å²) in [5.74, 6) is -0.343. The van der Waals surface area contributed by atoms with Crippen molar-refractivity contribution in [2.45, 2.75) is 0 Å². The molecule has 1 N–H and O–H groups in total. The van der Waals surface area contributed by atoms with E-state index in [-0.39, 0.29) is 5.97 Å². The zero-order valence-corrected chi connectivity index (χ0v) is 9.59. The SMILES string of the molecule is O=C1OC=C(c2ccccc2)Nc2ccccc21. The Kier molecular flexibility index (Phi) is 2.57. The van der Waals surface area contributed by atoms with Gasteiger partial charge in [-0.05, 0) is 12.1 Å². The van der Waals surface area contributed by atoms with Gasteiger partial charge in [0.2, 0.25) is 0 Å². The van der Waals surface area contributed by atoms with Gasteiger partial charge in [-0.1, -0.05) is 42.5 Å². The van der Waals surface area contributed by atoms with Gasteiger partial charge in [-0.2, -0.15) is 0 Å². The molecule has 0 aliphatic carbocycles. The molecule has 3 rings (SSSR count). The Hall–Kier alpha value is -2.55. The summed E-state index contributed by atoms with van der Waals surface area (Å²) in [5.41, 5.74) is 3.05. The number of anilines is 1. The maximum Gasteiger partial charge on any atom is 0.345 e. The summed E-state index contributed by atoms with van der Waals surface area (Å²) in [7, 11) is 0. The Labute approximate surface area is 105 Å². The van der Waals surface area contributed by atoms with Gasteiger partial charge in [0.05, 0.1) is 16.9 Å². The van der Waals surface area contributed by atoms with Gasteiger partial charge in [-0.3, -0.25) is 0 Å². The summed E-state index contributed by atoms with van der Waals surface area (Å²) in [6, 6.07) is 17.0.